The number of nitro groups is 1. The van der Waals surface area contributed by atoms with Crippen molar-refractivity contribution in [1.29, 1.82) is 0 Å². The minimum atomic E-state index is -0.369. The van der Waals surface area contributed by atoms with Crippen LogP contribution in [0, 0.1) is 23.0 Å². The molecule has 3 rings (SSSR count). The minimum absolute atomic E-state index is 0.0348. The Morgan fingerprint density at radius 3 is 2.62 bits per heavy atom. The summed E-state index contributed by atoms with van der Waals surface area (Å²) in [4.78, 5) is 13.3. The van der Waals surface area contributed by atoms with Crippen LogP contribution in [0.5, 0.6) is 5.75 Å². The zero-order chi connectivity index (χ0) is 15.0. The number of hydrogen-bond donors (Lipinski definition) is 2. The van der Waals surface area contributed by atoms with Crippen LogP contribution in [0.2, 0.25) is 0 Å². The van der Waals surface area contributed by atoms with Crippen LogP contribution >= 0.6 is 0 Å². The lowest BCUT2D eigenvalue weighted by molar-refractivity contribution is -0.386. The van der Waals surface area contributed by atoms with Gasteiger partial charge in [-0.25, -0.2) is 0 Å². The Morgan fingerprint density at radius 1 is 1.38 bits per heavy atom. The number of nitro benzene ring substituents is 1. The maximum Gasteiger partial charge on any atom is 0.277 e. The lowest BCUT2D eigenvalue weighted by Gasteiger charge is -2.35. The molecule has 6 heteroatoms. The summed E-state index contributed by atoms with van der Waals surface area (Å²) < 4.78 is 0. The van der Waals surface area contributed by atoms with E-state index >= 15 is 0 Å². The Hall–Kier alpha value is -1.66. The van der Waals surface area contributed by atoms with Gasteiger partial charge in [-0.15, -0.1) is 0 Å². The van der Waals surface area contributed by atoms with Crippen LogP contribution in [0.4, 0.5) is 5.69 Å². The summed E-state index contributed by atoms with van der Waals surface area (Å²) in [5.41, 5.74) is 1.27. The van der Waals surface area contributed by atoms with Crippen molar-refractivity contribution in [3.8, 4) is 5.75 Å². The first-order valence-corrected chi connectivity index (χ1v) is 7.51. The first kappa shape index (κ1) is 14.3. The van der Waals surface area contributed by atoms with Crippen molar-refractivity contribution in [2.75, 3.05) is 26.2 Å². The van der Waals surface area contributed by atoms with Crippen LogP contribution in [-0.4, -0.2) is 41.1 Å². The standard InChI is InChI=1S/C15H21N3O3/c1-10-2-5-12(18(20)21)13(15(10)19)14(11-3-4-11)17-8-6-16-7-9-17/h2,5,11,14,16,19H,3-4,6-9H2,1H3/t14-/m0/s1. The molecule has 114 valence electrons. The summed E-state index contributed by atoms with van der Waals surface area (Å²) in [6.07, 6.45) is 2.16. The largest absolute Gasteiger partial charge is 0.507 e. The van der Waals surface area contributed by atoms with Gasteiger partial charge in [-0.2, -0.15) is 0 Å². The van der Waals surface area contributed by atoms with E-state index in [-0.39, 0.29) is 22.4 Å². The maximum absolute atomic E-state index is 11.4. The van der Waals surface area contributed by atoms with Gasteiger partial charge in [0.15, 0.2) is 0 Å². The molecule has 1 atom stereocenters. The van der Waals surface area contributed by atoms with Gasteiger partial charge in [-0.1, -0.05) is 0 Å². The zero-order valence-corrected chi connectivity index (χ0v) is 12.2. The van der Waals surface area contributed by atoms with Gasteiger partial charge in [0.2, 0.25) is 0 Å². The van der Waals surface area contributed by atoms with Crippen molar-refractivity contribution >= 4 is 5.69 Å². The molecule has 2 fully saturated rings. The molecule has 1 aromatic rings. The molecule has 1 aliphatic carbocycles. The molecule has 0 aromatic heterocycles. The maximum atomic E-state index is 11.4. The van der Waals surface area contributed by atoms with E-state index in [1.165, 1.54) is 6.07 Å². The monoisotopic (exact) mass is 291 g/mol. The van der Waals surface area contributed by atoms with Gasteiger partial charge in [0.1, 0.15) is 5.75 Å². The highest BCUT2D eigenvalue weighted by atomic mass is 16.6. The van der Waals surface area contributed by atoms with Crippen molar-refractivity contribution in [3.05, 3.63) is 33.4 Å². The van der Waals surface area contributed by atoms with Crippen molar-refractivity contribution in [1.82, 2.24) is 10.2 Å². The highest BCUT2D eigenvalue weighted by molar-refractivity contribution is 5.55. The van der Waals surface area contributed by atoms with Crippen LogP contribution in [0.3, 0.4) is 0 Å². The molecule has 0 amide bonds. The molecule has 2 N–H and O–H groups in total. The zero-order valence-electron chi connectivity index (χ0n) is 12.2. The van der Waals surface area contributed by atoms with E-state index in [0.717, 1.165) is 39.0 Å². The molecule has 0 radical (unpaired) electrons. The summed E-state index contributed by atoms with van der Waals surface area (Å²) in [7, 11) is 0. The SMILES string of the molecule is Cc1ccc([N+](=O)[O-])c([C@H](C2CC2)N2CCNCC2)c1O. The van der Waals surface area contributed by atoms with Crippen molar-refractivity contribution in [3.63, 3.8) is 0 Å². The lowest BCUT2D eigenvalue weighted by Crippen LogP contribution is -2.45. The number of rotatable bonds is 4. The number of phenolic OH excluding ortho intramolecular Hbond substituents is 1. The van der Waals surface area contributed by atoms with E-state index < -0.39 is 0 Å². The van der Waals surface area contributed by atoms with E-state index in [9.17, 15) is 15.2 Å². The van der Waals surface area contributed by atoms with Gasteiger partial charge in [-0.3, -0.25) is 15.0 Å². The molecule has 1 heterocycles. The molecule has 0 spiro atoms. The van der Waals surface area contributed by atoms with Gasteiger partial charge in [0.25, 0.3) is 5.69 Å². The Labute approximate surface area is 123 Å². The number of benzene rings is 1. The average Bonchev–Trinajstić information content (AvgIpc) is 3.29. The molecular formula is C15H21N3O3. The van der Waals surface area contributed by atoms with E-state index in [2.05, 4.69) is 10.2 Å². The number of aromatic hydroxyl groups is 1. The van der Waals surface area contributed by atoms with Crippen LogP contribution in [0.1, 0.15) is 30.0 Å². The molecule has 0 bridgehead atoms. The summed E-state index contributed by atoms with van der Waals surface area (Å²) in [5.74, 6) is 0.522. The topological polar surface area (TPSA) is 78.6 Å². The summed E-state index contributed by atoms with van der Waals surface area (Å²) in [6, 6.07) is 3.12. The Morgan fingerprint density at radius 2 is 2.05 bits per heavy atom. The summed E-state index contributed by atoms with van der Waals surface area (Å²) >= 11 is 0. The fourth-order valence-electron chi connectivity index (χ4n) is 3.25. The third-order valence-electron chi connectivity index (χ3n) is 4.50. The predicted molar refractivity (Wildman–Crippen MR) is 79.4 cm³/mol. The Kier molecular flexibility index (Phi) is 3.82. The van der Waals surface area contributed by atoms with E-state index in [4.69, 9.17) is 0 Å². The third-order valence-corrected chi connectivity index (χ3v) is 4.50. The lowest BCUT2D eigenvalue weighted by atomic mass is 9.95. The number of hydrogen-bond acceptors (Lipinski definition) is 5. The third kappa shape index (κ3) is 2.73. The molecule has 1 saturated heterocycles. The number of nitrogens with one attached hydrogen (secondary N) is 1. The quantitative estimate of drug-likeness (QED) is 0.655. The number of nitrogens with zero attached hydrogens (tertiary/aromatic N) is 2. The van der Waals surface area contributed by atoms with Crippen LogP contribution in [0.15, 0.2) is 12.1 Å². The van der Waals surface area contributed by atoms with Gasteiger partial charge in [0.05, 0.1) is 10.5 Å². The van der Waals surface area contributed by atoms with Crippen molar-refractivity contribution in [2.45, 2.75) is 25.8 Å². The molecule has 21 heavy (non-hydrogen) atoms. The van der Waals surface area contributed by atoms with Crippen LogP contribution < -0.4 is 5.32 Å². The molecule has 1 aromatic carbocycles. The van der Waals surface area contributed by atoms with E-state index in [0.29, 0.717) is 17.0 Å². The Balaban J connectivity index is 2.05. The number of aryl methyl sites for hydroxylation is 1. The van der Waals surface area contributed by atoms with Gasteiger partial charge >= 0.3 is 0 Å². The predicted octanol–water partition coefficient (Wildman–Crippen LogP) is 1.97. The molecule has 2 aliphatic rings. The van der Waals surface area contributed by atoms with Gasteiger partial charge in [-0.05, 0) is 37.3 Å². The summed E-state index contributed by atoms with van der Waals surface area (Å²) in [6.45, 7) is 5.31. The van der Waals surface area contributed by atoms with Crippen LogP contribution in [-0.2, 0) is 0 Å². The van der Waals surface area contributed by atoms with Gasteiger partial charge < -0.3 is 10.4 Å². The minimum Gasteiger partial charge on any atom is -0.507 e. The van der Waals surface area contributed by atoms with Crippen LogP contribution in [0.25, 0.3) is 0 Å². The number of piperazine rings is 1. The molecule has 1 aliphatic heterocycles. The average molecular weight is 291 g/mol. The summed E-state index contributed by atoms with van der Waals surface area (Å²) in [5, 5.41) is 25.1. The highest BCUT2D eigenvalue weighted by Crippen LogP contribution is 2.50. The highest BCUT2D eigenvalue weighted by Gasteiger charge is 2.41. The normalized spacial score (nSPS) is 21.2. The van der Waals surface area contributed by atoms with E-state index in [1.54, 1.807) is 13.0 Å². The fraction of sp³-hybridized carbons (Fsp3) is 0.600. The van der Waals surface area contributed by atoms with Gasteiger partial charge in [0, 0.05) is 38.3 Å². The molecule has 6 nitrogen and oxygen atoms in total. The second-order valence-corrected chi connectivity index (χ2v) is 5.99. The first-order chi connectivity index (χ1) is 10.1. The molecule has 0 unspecified atom stereocenters. The van der Waals surface area contributed by atoms with E-state index in [1.807, 2.05) is 0 Å². The second kappa shape index (κ2) is 5.61. The molecular weight excluding hydrogens is 270 g/mol. The Bertz CT molecular complexity index is 551. The number of phenols is 1. The first-order valence-electron chi connectivity index (χ1n) is 7.51. The van der Waals surface area contributed by atoms with Crippen molar-refractivity contribution < 1.29 is 10.0 Å². The molecule has 1 saturated carbocycles. The fourth-order valence-corrected chi connectivity index (χ4v) is 3.25. The second-order valence-electron chi connectivity index (χ2n) is 5.99. The van der Waals surface area contributed by atoms with Crippen molar-refractivity contribution in [2.24, 2.45) is 5.92 Å². The smallest absolute Gasteiger partial charge is 0.277 e.